The average Bonchev–Trinajstić information content (AvgIpc) is 3.54. The summed E-state index contributed by atoms with van der Waals surface area (Å²) < 4.78 is 0. The van der Waals surface area contributed by atoms with E-state index in [1.165, 1.54) is 6.08 Å². The Labute approximate surface area is 322 Å². The number of amides is 6. The van der Waals surface area contributed by atoms with Gasteiger partial charge < -0.3 is 20.4 Å². The number of aryl methyl sites for hydroxylation is 1. The smallest absolute Gasteiger partial charge is 0.255 e. The largest absolute Gasteiger partial charge is 0.353 e. The Morgan fingerprint density at radius 3 is 2.36 bits per heavy atom. The number of nitrogens with zero attached hydrogens (tertiary/aromatic N) is 3. The molecular weight excluding hydrogens is 697 g/mol. The van der Waals surface area contributed by atoms with E-state index in [0.29, 0.717) is 61.8 Å². The first-order chi connectivity index (χ1) is 26.8. The van der Waals surface area contributed by atoms with Gasteiger partial charge in [-0.1, -0.05) is 37.5 Å². The first-order valence-electron chi connectivity index (χ1n) is 19.6. The summed E-state index contributed by atoms with van der Waals surface area (Å²) in [5, 5.41) is 8.26. The van der Waals surface area contributed by atoms with Crippen LogP contribution in [-0.2, 0) is 27.3 Å². The van der Waals surface area contributed by atoms with E-state index < -0.39 is 11.9 Å². The zero-order valence-corrected chi connectivity index (χ0v) is 31.3. The molecule has 12 heteroatoms. The molecule has 3 aliphatic rings. The lowest BCUT2D eigenvalue weighted by Crippen LogP contribution is -2.52. The summed E-state index contributed by atoms with van der Waals surface area (Å²) in [6, 6.07) is 15.7. The molecule has 4 heterocycles. The second-order valence-corrected chi connectivity index (χ2v) is 14.6. The maximum Gasteiger partial charge on any atom is 0.255 e. The molecule has 288 valence electrons. The summed E-state index contributed by atoms with van der Waals surface area (Å²) in [6.07, 6.45) is 15.6. The van der Waals surface area contributed by atoms with Crippen LogP contribution in [0.4, 0.5) is 0 Å². The number of nitrogens with one attached hydrogen (secondary N) is 3. The van der Waals surface area contributed by atoms with Crippen LogP contribution < -0.4 is 16.0 Å². The van der Waals surface area contributed by atoms with E-state index >= 15 is 0 Å². The number of aromatic nitrogens is 1. The third-order valence-corrected chi connectivity index (χ3v) is 10.8. The van der Waals surface area contributed by atoms with Crippen LogP contribution in [0.5, 0.6) is 0 Å². The van der Waals surface area contributed by atoms with Crippen LogP contribution in [0.3, 0.4) is 0 Å². The van der Waals surface area contributed by atoms with E-state index in [4.69, 9.17) is 0 Å². The molecule has 12 nitrogen and oxygen atoms in total. The van der Waals surface area contributed by atoms with Crippen molar-refractivity contribution < 1.29 is 28.8 Å². The predicted octanol–water partition coefficient (Wildman–Crippen LogP) is 4.84. The van der Waals surface area contributed by atoms with Gasteiger partial charge in [0.15, 0.2) is 0 Å². The molecule has 1 unspecified atom stereocenters. The third-order valence-electron chi connectivity index (χ3n) is 10.8. The summed E-state index contributed by atoms with van der Waals surface area (Å²) in [4.78, 5) is 82.6. The van der Waals surface area contributed by atoms with Crippen LogP contribution in [0.15, 0.2) is 73.1 Å². The Morgan fingerprint density at radius 2 is 1.60 bits per heavy atom. The lowest BCUT2D eigenvalue weighted by atomic mass is 9.91. The molecule has 3 aliphatic heterocycles. The maximum absolute atomic E-state index is 13.2. The number of likely N-dealkylation sites (tertiary alicyclic amines) is 1. The molecule has 6 amide bonds. The summed E-state index contributed by atoms with van der Waals surface area (Å²) in [7, 11) is 0. The summed E-state index contributed by atoms with van der Waals surface area (Å²) in [6.45, 7) is 2.97. The summed E-state index contributed by atoms with van der Waals surface area (Å²) in [5.41, 5.74) is 4.65. The number of imide groups is 1. The molecule has 2 fully saturated rings. The van der Waals surface area contributed by atoms with Crippen LogP contribution in [0.2, 0.25) is 0 Å². The molecule has 0 saturated carbocycles. The zero-order valence-electron chi connectivity index (χ0n) is 31.3. The van der Waals surface area contributed by atoms with E-state index in [1.807, 2.05) is 29.2 Å². The molecule has 0 aliphatic carbocycles. The number of rotatable bonds is 16. The van der Waals surface area contributed by atoms with Gasteiger partial charge in [0.1, 0.15) is 6.04 Å². The summed E-state index contributed by atoms with van der Waals surface area (Å²) >= 11 is 0. The van der Waals surface area contributed by atoms with Crippen molar-refractivity contribution in [3.63, 3.8) is 0 Å². The minimum absolute atomic E-state index is 0.00966. The lowest BCUT2D eigenvalue weighted by Gasteiger charge is -2.32. The molecule has 3 N–H and O–H groups in total. The Hall–Kier alpha value is -5.65. The molecule has 3 aromatic rings. The van der Waals surface area contributed by atoms with Gasteiger partial charge in [0.05, 0.1) is 0 Å². The second-order valence-electron chi connectivity index (χ2n) is 14.6. The molecule has 2 saturated heterocycles. The van der Waals surface area contributed by atoms with Crippen molar-refractivity contribution in [3.8, 4) is 0 Å². The second kappa shape index (κ2) is 19.1. The van der Waals surface area contributed by atoms with Gasteiger partial charge in [-0.15, -0.1) is 0 Å². The van der Waals surface area contributed by atoms with Gasteiger partial charge in [-0.05, 0) is 110 Å². The SMILES string of the molecule is O=C(/C=C/c1cccnc1)NCCCCC1CCN(C(=O)c2ccc(C(=O)NCCCCCc3cccc4c3CN(C3CCC(=O)NC3=O)C4=O)cc2)CC1. The van der Waals surface area contributed by atoms with Crippen molar-refractivity contribution in [1.29, 1.82) is 0 Å². The number of pyridine rings is 1. The van der Waals surface area contributed by atoms with Gasteiger partial charge in [-0.25, -0.2) is 0 Å². The van der Waals surface area contributed by atoms with Gasteiger partial charge >= 0.3 is 0 Å². The zero-order chi connectivity index (χ0) is 38.6. The molecular formula is C43H50N6O6. The molecule has 0 spiro atoms. The number of hydrogen-bond donors (Lipinski definition) is 3. The lowest BCUT2D eigenvalue weighted by molar-refractivity contribution is -0.137. The Balaban J connectivity index is 0.836. The molecule has 1 atom stereocenters. The fourth-order valence-corrected chi connectivity index (χ4v) is 7.65. The highest BCUT2D eigenvalue weighted by Gasteiger charge is 2.39. The molecule has 0 bridgehead atoms. The molecule has 55 heavy (non-hydrogen) atoms. The van der Waals surface area contributed by atoms with Gasteiger partial charge in [0.25, 0.3) is 17.7 Å². The van der Waals surface area contributed by atoms with Crippen molar-refractivity contribution in [3.05, 3.63) is 106 Å². The minimum atomic E-state index is -0.627. The summed E-state index contributed by atoms with van der Waals surface area (Å²) in [5.74, 6) is -0.595. The first-order valence-corrected chi connectivity index (χ1v) is 19.6. The number of fused-ring (bicyclic) bond motifs is 1. The Bertz CT molecular complexity index is 1890. The van der Waals surface area contributed by atoms with Crippen LogP contribution in [0.25, 0.3) is 6.08 Å². The predicted molar refractivity (Wildman–Crippen MR) is 208 cm³/mol. The van der Waals surface area contributed by atoms with E-state index in [2.05, 4.69) is 20.9 Å². The standard InChI is InChI=1S/C43H50N6O6/c50-38(19-13-31-9-7-23-44-28-31)45-24-5-3-8-30-21-26-48(27-22-30)42(54)34-16-14-33(15-17-34)40(52)46-25-4-1-2-10-32-11-6-12-35-36(32)29-49(43(35)55)37-18-20-39(51)47-41(37)53/h6-7,9,11-17,19,23,28,30,37H,1-5,8,10,18,20-22,24-27,29H2,(H,45,50)(H,46,52)(H,47,51,53)/b19-13+. The van der Waals surface area contributed by atoms with E-state index in [-0.39, 0.29) is 36.0 Å². The number of benzene rings is 2. The van der Waals surface area contributed by atoms with E-state index in [1.54, 1.807) is 53.7 Å². The van der Waals surface area contributed by atoms with Crippen LogP contribution in [-0.4, -0.2) is 82.4 Å². The van der Waals surface area contributed by atoms with E-state index in [9.17, 15) is 28.8 Å². The van der Waals surface area contributed by atoms with Crippen LogP contribution >= 0.6 is 0 Å². The normalized spacial score (nSPS) is 17.3. The fourth-order valence-electron chi connectivity index (χ4n) is 7.65. The number of piperidine rings is 2. The monoisotopic (exact) mass is 746 g/mol. The highest BCUT2D eigenvalue weighted by molar-refractivity contribution is 6.05. The van der Waals surface area contributed by atoms with Crippen molar-refractivity contribution in [2.75, 3.05) is 26.2 Å². The van der Waals surface area contributed by atoms with Crippen LogP contribution in [0, 0.1) is 5.92 Å². The van der Waals surface area contributed by atoms with Crippen molar-refractivity contribution in [1.82, 2.24) is 30.7 Å². The van der Waals surface area contributed by atoms with Crippen molar-refractivity contribution in [2.45, 2.75) is 83.2 Å². The number of carbonyl (C=O) groups is 6. The Kier molecular flexibility index (Phi) is 13.6. The Morgan fingerprint density at radius 1 is 0.836 bits per heavy atom. The number of hydrogen-bond acceptors (Lipinski definition) is 7. The molecule has 1 aromatic heterocycles. The number of carbonyl (C=O) groups excluding carboxylic acids is 6. The average molecular weight is 747 g/mol. The number of unbranched alkanes of at least 4 members (excludes halogenated alkanes) is 3. The van der Waals surface area contributed by atoms with Crippen molar-refractivity contribution in [2.24, 2.45) is 5.92 Å². The van der Waals surface area contributed by atoms with Crippen molar-refractivity contribution >= 4 is 41.5 Å². The fraction of sp³-hybridized carbons (Fsp3) is 0.419. The molecule has 0 radical (unpaired) electrons. The van der Waals surface area contributed by atoms with Crippen LogP contribution in [0.1, 0.15) is 112 Å². The van der Waals surface area contributed by atoms with E-state index in [0.717, 1.165) is 74.5 Å². The van der Waals surface area contributed by atoms with Gasteiger partial charge in [0.2, 0.25) is 17.7 Å². The quantitative estimate of drug-likeness (QED) is 0.108. The highest BCUT2D eigenvalue weighted by atomic mass is 16.2. The van der Waals surface area contributed by atoms with Gasteiger partial charge in [0, 0.05) is 74.3 Å². The maximum atomic E-state index is 13.2. The topological polar surface area (TPSA) is 158 Å². The first kappa shape index (κ1) is 39.1. The highest BCUT2D eigenvalue weighted by Crippen LogP contribution is 2.31. The third kappa shape index (κ3) is 10.5. The molecule has 6 rings (SSSR count). The van der Waals surface area contributed by atoms with Gasteiger partial charge in [-0.3, -0.25) is 39.1 Å². The minimum Gasteiger partial charge on any atom is -0.353 e. The molecule has 2 aromatic carbocycles. The van der Waals surface area contributed by atoms with Gasteiger partial charge in [-0.2, -0.15) is 0 Å².